The van der Waals surface area contributed by atoms with Crippen LogP contribution in [0, 0.1) is 0 Å². The van der Waals surface area contributed by atoms with Gasteiger partial charge in [0.1, 0.15) is 11.6 Å². The average Bonchev–Trinajstić information content (AvgIpc) is 2.62. The Bertz CT molecular complexity index is 406. The van der Waals surface area contributed by atoms with Gasteiger partial charge >= 0.3 is 12.1 Å². The average molecular weight is 402 g/mol. The SMILES string of the molecule is COC(=O)[C@H](CCCCCCCCCCCCCCO)NC(=O)OC(C)(C)C. The molecule has 0 radical (unpaired) electrons. The van der Waals surface area contributed by atoms with Gasteiger partial charge in [-0.2, -0.15) is 0 Å². The van der Waals surface area contributed by atoms with Gasteiger partial charge in [-0.1, -0.05) is 70.6 Å². The molecule has 1 amide bonds. The second-order valence-electron chi connectivity index (χ2n) is 8.48. The van der Waals surface area contributed by atoms with Crippen LogP contribution in [0.3, 0.4) is 0 Å². The number of amides is 1. The molecule has 0 aliphatic carbocycles. The molecule has 0 aromatic rings. The van der Waals surface area contributed by atoms with Crippen LogP contribution in [0.15, 0.2) is 0 Å². The molecule has 0 bridgehead atoms. The molecule has 0 rings (SSSR count). The minimum absolute atomic E-state index is 0.317. The number of rotatable bonds is 16. The molecular formula is C22H43NO5. The molecule has 0 fully saturated rings. The molecule has 6 heteroatoms. The van der Waals surface area contributed by atoms with Gasteiger partial charge in [-0.25, -0.2) is 9.59 Å². The minimum Gasteiger partial charge on any atom is -0.467 e. The number of alkyl carbamates (subject to hydrolysis) is 1. The molecule has 0 heterocycles. The monoisotopic (exact) mass is 401 g/mol. The summed E-state index contributed by atoms with van der Waals surface area (Å²) in [5.41, 5.74) is -0.593. The molecule has 0 saturated heterocycles. The van der Waals surface area contributed by atoms with Crippen LogP contribution in [0.25, 0.3) is 0 Å². The number of unbranched alkanes of at least 4 members (excludes halogenated alkanes) is 11. The molecule has 28 heavy (non-hydrogen) atoms. The van der Waals surface area contributed by atoms with E-state index in [0.29, 0.717) is 13.0 Å². The molecular weight excluding hydrogens is 358 g/mol. The lowest BCUT2D eigenvalue weighted by Crippen LogP contribution is -2.44. The second kappa shape index (κ2) is 16.6. The number of methoxy groups -OCH3 is 1. The highest BCUT2D eigenvalue weighted by Gasteiger charge is 2.24. The van der Waals surface area contributed by atoms with Gasteiger partial charge in [-0.15, -0.1) is 0 Å². The van der Waals surface area contributed by atoms with Crippen molar-refractivity contribution in [2.45, 2.75) is 116 Å². The van der Waals surface area contributed by atoms with Gasteiger partial charge in [0.15, 0.2) is 0 Å². The third-order valence-corrected chi connectivity index (χ3v) is 4.58. The summed E-state index contributed by atoms with van der Waals surface area (Å²) in [5, 5.41) is 11.3. The number of aliphatic hydroxyl groups is 1. The summed E-state index contributed by atoms with van der Waals surface area (Å²) < 4.78 is 10.00. The summed E-state index contributed by atoms with van der Waals surface area (Å²) in [6.45, 7) is 5.68. The largest absolute Gasteiger partial charge is 0.467 e. The Morgan fingerprint density at radius 1 is 0.821 bits per heavy atom. The topological polar surface area (TPSA) is 84.9 Å². The quantitative estimate of drug-likeness (QED) is 0.277. The van der Waals surface area contributed by atoms with Gasteiger partial charge in [-0.05, 0) is 33.6 Å². The summed E-state index contributed by atoms with van der Waals surface area (Å²) >= 11 is 0. The second-order valence-corrected chi connectivity index (χ2v) is 8.48. The number of esters is 1. The zero-order valence-corrected chi connectivity index (χ0v) is 18.6. The highest BCUT2D eigenvalue weighted by atomic mass is 16.6. The van der Waals surface area contributed by atoms with E-state index in [0.717, 1.165) is 32.1 Å². The van der Waals surface area contributed by atoms with Crippen LogP contribution in [0.1, 0.15) is 104 Å². The summed E-state index contributed by atoms with van der Waals surface area (Å²) in [5.74, 6) is -0.426. The molecule has 0 aromatic heterocycles. The third-order valence-electron chi connectivity index (χ3n) is 4.58. The van der Waals surface area contributed by atoms with E-state index in [2.05, 4.69) is 5.32 Å². The van der Waals surface area contributed by atoms with Gasteiger partial charge in [0, 0.05) is 6.61 Å². The van der Waals surface area contributed by atoms with Crippen LogP contribution in [-0.4, -0.2) is 42.5 Å². The first-order valence-corrected chi connectivity index (χ1v) is 11.0. The molecule has 1 atom stereocenters. The van der Waals surface area contributed by atoms with Crippen molar-refractivity contribution in [3.63, 3.8) is 0 Å². The summed E-state index contributed by atoms with van der Waals surface area (Å²) in [7, 11) is 1.33. The van der Waals surface area contributed by atoms with Crippen molar-refractivity contribution >= 4 is 12.1 Å². The van der Waals surface area contributed by atoms with Crippen LogP contribution in [0.2, 0.25) is 0 Å². The van der Waals surface area contributed by atoms with Gasteiger partial charge in [0.2, 0.25) is 0 Å². The van der Waals surface area contributed by atoms with Crippen LogP contribution in [0.5, 0.6) is 0 Å². The molecule has 0 unspecified atom stereocenters. The van der Waals surface area contributed by atoms with E-state index in [-0.39, 0.29) is 0 Å². The van der Waals surface area contributed by atoms with E-state index in [4.69, 9.17) is 14.6 Å². The van der Waals surface area contributed by atoms with Crippen LogP contribution >= 0.6 is 0 Å². The molecule has 0 aliphatic rings. The predicted molar refractivity (Wildman–Crippen MR) is 112 cm³/mol. The van der Waals surface area contributed by atoms with Crippen LogP contribution in [0.4, 0.5) is 4.79 Å². The van der Waals surface area contributed by atoms with Crippen molar-refractivity contribution in [3.8, 4) is 0 Å². The van der Waals surface area contributed by atoms with Crippen LogP contribution < -0.4 is 5.32 Å². The number of nitrogens with one attached hydrogen (secondary N) is 1. The first-order valence-electron chi connectivity index (χ1n) is 11.0. The Balaban J connectivity index is 3.75. The lowest BCUT2D eigenvalue weighted by atomic mass is 10.0. The maximum atomic E-state index is 11.9. The number of hydrogen-bond acceptors (Lipinski definition) is 5. The minimum atomic E-state index is -0.648. The van der Waals surface area contributed by atoms with Crippen molar-refractivity contribution in [2.24, 2.45) is 0 Å². The molecule has 0 aromatic carbocycles. The van der Waals surface area contributed by atoms with Crippen molar-refractivity contribution in [3.05, 3.63) is 0 Å². The number of carbonyl (C=O) groups excluding carboxylic acids is 2. The molecule has 0 aliphatic heterocycles. The van der Waals surface area contributed by atoms with Crippen molar-refractivity contribution in [1.82, 2.24) is 5.32 Å². The Kier molecular flexibility index (Phi) is 15.9. The molecule has 0 saturated carbocycles. The molecule has 2 N–H and O–H groups in total. The third kappa shape index (κ3) is 16.8. The van der Waals surface area contributed by atoms with E-state index in [1.54, 1.807) is 20.8 Å². The fourth-order valence-corrected chi connectivity index (χ4v) is 3.07. The Hall–Kier alpha value is -1.30. The number of carbonyl (C=O) groups is 2. The first-order chi connectivity index (χ1) is 13.3. The van der Waals surface area contributed by atoms with E-state index in [1.807, 2.05) is 0 Å². The highest BCUT2D eigenvalue weighted by molar-refractivity contribution is 5.81. The Labute approximate surface area is 171 Å². The number of aliphatic hydroxyl groups excluding tert-OH is 1. The zero-order valence-electron chi connectivity index (χ0n) is 18.6. The van der Waals surface area contributed by atoms with Crippen molar-refractivity contribution < 1.29 is 24.2 Å². The number of hydrogen-bond donors (Lipinski definition) is 2. The number of ether oxygens (including phenoxy) is 2. The smallest absolute Gasteiger partial charge is 0.408 e. The van der Waals surface area contributed by atoms with Crippen molar-refractivity contribution in [2.75, 3.05) is 13.7 Å². The lowest BCUT2D eigenvalue weighted by molar-refractivity contribution is -0.143. The maximum Gasteiger partial charge on any atom is 0.408 e. The normalized spacial score (nSPS) is 12.5. The highest BCUT2D eigenvalue weighted by Crippen LogP contribution is 2.14. The Morgan fingerprint density at radius 3 is 1.64 bits per heavy atom. The summed E-state index contributed by atoms with van der Waals surface area (Å²) in [4.78, 5) is 23.7. The zero-order chi connectivity index (χ0) is 21.3. The van der Waals surface area contributed by atoms with E-state index in [9.17, 15) is 9.59 Å². The molecule has 6 nitrogen and oxygen atoms in total. The lowest BCUT2D eigenvalue weighted by Gasteiger charge is -2.22. The van der Waals surface area contributed by atoms with Gasteiger partial charge < -0.3 is 19.9 Å². The van der Waals surface area contributed by atoms with E-state index < -0.39 is 23.7 Å². The van der Waals surface area contributed by atoms with E-state index in [1.165, 1.54) is 52.1 Å². The standard InChI is InChI=1S/C22H43NO5/c1-22(2,3)28-21(26)23-19(20(25)27-4)17-15-13-11-9-7-5-6-8-10-12-14-16-18-24/h19,24H,5-18H2,1-4H3,(H,23,26)/t19-/m0/s1. The van der Waals surface area contributed by atoms with Crippen LogP contribution in [-0.2, 0) is 14.3 Å². The molecule has 166 valence electrons. The van der Waals surface area contributed by atoms with Gasteiger partial charge in [-0.3, -0.25) is 0 Å². The first kappa shape index (κ1) is 26.7. The predicted octanol–water partition coefficient (Wildman–Crippen LogP) is 5.12. The Morgan fingerprint density at radius 2 is 1.25 bits per heavy atom. The molecule has 0 spiro atoms. The fourth-order valence-electron chi connectivity index (χ4n) is 3.07. The summed E-state index contributed by atoms with van der Waals surface area (Å²) in [6, 6.07) is -0.648. The van der Waals surface area contributed by atoms with Gasteiger partial charge in [0.05, 0.1) is 7.11 Å². The maximum absolute atomic E-state index is 11.9. The summed E-state index contributed by atoms with van der Waals surface area (Å²) in [6.07, 6.45) is 14.0. The fraction of sp³-hybridized carbons (Fsp3) is 0.909. The van der Waals surface area contributed by atoms with Crippen molar-refractivity contribution in [1.29, 1.82) is 0 Å². The van der Waals surface area contributed by atoms with E-state index >= 15 is 0 Å². The van der Waals surface area contributed by atoms with Gasteiger partial charge in [0.25, 0.3) is 0 Å².